The largest absolute Gasteiger partial charge is 0.487 e. The normalized spacial score (nSPS) is 15.5. The van der Waals surface area contributed by atoms with E-state index in [0.29, 0.717) is 29.7 Å². The number of rotatable bonds is 8. The summed E-state index contributed by atoms with van der Waals surface area (Å²) in [4.78, 5) is 14.4. The van der Waals surface area contributed by atoms with Gasteiger partial charge in [0.05, 0.1) is 22.1 Å². The van der Waals surface area contributed by atoms with Crippen molar-refractivity contribution in [3.05, 3.63) is 53.6 Å². The van der Waals surface area contributed by atoms with Crippen LogP contribution in [0.3, 0.4) is 0 Å². The number of ether oxygens (including phenoxy) is 2. The zero-order chi connectivity index (χ0) is 19.1. The van der Waals surface area contributed by atoms with E-state index in [9.17, 15) is 4.79 Å². The molecule has 1 amide bonds. The Morgan fingerprint density at radius 2 is 1.85 bits per heavy atom. The molecule has 4 nitrogen and oxygen atoms in total. The third-order valence-electron chi connectivity index (χ3n) is 4.63. The number of carbonyl (C=O) groups is 1. The third kappa shape index (κ3) is 4.98. The summed E-state index contributed by atoms with van der Waals surface area (Å²) in [6, 6.07) is 15.5. The number of methoxy groups -OCH3 is 1. The van der Waals surface area contributed by atoms with Crippen molar-refractivity contribution in [2.45, 2.75) is 35.3 Å². The SMILES string of the molecule is COCCOc1c(Cl)cccc1NC(=O)C1(Sc2ccccc2)CCCC1. The van der Waals surface area contributed by atoms with Gasteiger partial charge in [0.1, 0.15) is 6.61 Å². The fraction of sp³-hybridized carbons (Fsp3) is 0.381. The summed E-state index contributed by atoms with van der Waals surface area (Å²) in [5.74, 6) is 0.495. The lowest BCUT2D eigenvalue weighted by atomic mass is 10.1. The number of hydrogen-bond acceptors (Lipinski definition) is 4. The van der Waals surface area contributed by atoms with Gasteiger partial charge in [-0.25, -0.2) is 0 Å². The van der Waals surface area contributed by atoms with Crippen molar-refractivity contribution in [3.63, 3.8) is 0 Å². The van der Waals surface area contributed by atoms with Gasteiger partial charge in [-0.15, -0.1) is 11.8 Å². The summed E-state index contributed by atoms with van der Waals surface area (Å²) in [5, 5.41) is 3.54. The molecule has 1 N–H and O–H groups in total. The standard InChI is InChI=1S/C21H24ClNO3S/c1-25-14-15-26-19-17(22)10-7-11-18(19)23-20(24)21(12-5-6-13-21)27-16-8-3-2-4-9-16/h2-4,7-11H,5-6,12-15H2,1H3,(H,23,24). The lowest BCUT2D eigenvalue weighted by Crippen LogP contribution is -2.37. The van der Waals surface area contributed by atoms with E-state index in [1.165, 1.54) is 0 Å². The number of halogens is 1. The van der Waals surface area contributed by atoms with Crippen LogP contribution in [0.1, 0.15) is 25.7 Å². The summed E-state index contributed by atoms with van der Waals surface area (Å²) < 4.78 is 10.3. The van der Waals surface area contributed by atoms with Crippen LogP contribution in [0.25, 0.3) is 0 Å². The van der Waals surface area contributed by atoms with Crippen LogP contribution in [0, 0.1) is 0 Å². The third-order valence-corrected chi connectivity index (χ3v) is 6.42. The summed E-state index contributed by atoms with van der Waals surface area (Å²) >= 11 is 7.95. The lowest BCUT2D eigenvalue weighted by Gasteiger charge is -2.27. The van der Waals surface area contributed by atoms with Gasteiger partial charge in [0.15, 0.2) is 5.75 Å². The van der Waals surface area contributed by atoms with Gasteiger partial charge in [0.2, 0.25) is 5.91 Å². The minimum Gasteiger partial charge on any atom is -0.487 e. The monoisotopic (exact) mass is 405 g/mol. The van der Waals surface area contributed by atoms with Gasteiger partial charge in [-0.3, -0.25) is 4.79 Å². The number of para-hydroxylation sites is 1. The molecule has 0 aliphatic heterocycles. The Kier molecular flexibility index (Phi) is 7.05. The highest BCUT2D eigenvalue weighted by molar-refractivity contribution is 8.01. The Hall–Kier alpha value is -1.69. The highest BCUT2D eigenvalue weighted by Crippen LogP contribution is 2.46. The first-order chi connectivity index (χ1) is 13.1. The number of anilines is 1. The zero-order valence-electron chi connectivity index (χ0n) is 15.4. The molecule has 3 rings (SSSR count). The van der Waals surface area contributed by atoms with Crippen molar-refractivity contribution >= 4 is 35.0 Å². The number of carbonyl (C=O) groups excluding carboxylic acids is 1. The van der Waals surface area contributed by atoms with E-state index in [1.54, 1.807) is 24.9 Å². The van der Waals surface area contributed by atoms with Crippen LogP contribution in [-0.4, -0.2) is 31.0 Å². The molecule has 1 aliphatic carbocycles. The molecule has 1 saturated carbocycles. The maximum atomic E-state index is 13.3. The van der Waals surface area contributed by atoms with E-state index in [1.807, 2.05) is 30.3 Å². The second kappa shape index (κ2) is 9.49. The molecule has 144 valence electrons. The predicted octanol–water partition coefficient (Wildman–Crippen LogP) is 5.41. The Bertz CT molecular complexity index is 763. The molecule has 2 aromatic rings. The quantitative estimate of drug-likeness (QED) is 0.596. The van der Waals surface area contributed by atoms with E-state index < -0.39 is 4.75 Å². The highest BCUT2D eigenvalue weighted by Gasteiger charge is 2.42. The predicted molar refractivity (Wildman–Crippen MR) is 111 cm³/mol. The Labute approximate surface area is 169 Å². The Morgan fingerprint density at radius 3 is 2.56 bits per heavy atom. The van der Waals surface area contributed by atoms with Gasteiger partial charge in [0, 0.05) is 12.0 Å². The van der Waals surface area contributed by atoms with Gasteiger partial charge in [-0.2, -0.15) is 0 Å². The maximum absolute atomic E-state index is 13.3. The summed E-state index contributed by atoms with van der Waals surface area (Å²) in [5.41, 5.74) is 0.600. The topological polar surface area (TPSA) is 47.6 Å². The molecule has 0 bridgehead atoms. The van der Waals surface area contributed by atoms with Crippen LogP contribution < -0.4 is 10.1 Å². The molecule has 0 heterocycles. The molecule has 1 fully saturated rings. The zero-order valence-corrected chi connectivity index (χ0v) is 16.9. The van der Waals surface area contributed by atoms with Crippen molar-refractivity contribution in [2.24, 2.45) is 0 Å². The molecule has 1 aliphatic rings. The Morgan fingerprint density at radius 1 is 1.11 bits per heavy atom. The number of hydrogen-bond donors (Lipinski definition) is 1. The molecule has 0 saturated heterocycles. The lowest BCUT2D eigenvalue weighted by molar-refractivity contribution is -0.118. The van der Waals surface area contributed by atoms with Crippen molar-refractivity contribution in [3.8, 4) is 5.75 Å². The molecule has 0 atom stereocenters. The first kappa shape index (κ1) is 20.1. The molecular weight excluding hydrogens is 382 g/mol. The number of amides is 1. The van der Waals surface area contributed by atoms with E-state index in [-0.39, 0.29) is 5.91 Å². The van der Waals surface area contributed by atoms with Gasteiger partial charge in [-0.1, -0.05) is 48.7 Å². The second-order valence-corrected chi connectivity index (χ2v) is 8.39. The van der Waals surface area contributed by atoms with Gasteiger partial charge in [0.25, 0.3) is 0 Å². The van der Waals surface area contributed by atoms with Gasteiger partial charge < -0.3 is 14.8 Å². The molecule has 27 heavy (non-hydrogen) atoms. The molecule has 0 spiro atoms. The summed E-state index contributed by atoms with van der Waals surface area (Å²) in [7, 11) is 1.61. The number of nitrogens with one attached hydrogen (secondary N) is 1. The first-order valence-corrected chi connectivity index (χ1v) is 10.3. The van der Waals surface area contributed by atoms with E-state index in [0.717, 1.165) is 30.6 Å². The van der Waals surface area contributed by atoms with E-state index in [2.05, 4.69) is 17.4 Å². The van der Waals surface area contributed by atoms with Gasteiger partial charge >= 0.3 is 0 Å². The molecule has 2 aromatic carbocycles. The van der Waals surface area contributed by atoms with Crippen LogP contribution in [-0.2, 0) is 9.53 Å². The highest BCUT2D eigenvalue weighted by atomic mass is 35.5. The second-order valence-electron chi connectivity index (χ2n) is 6.53. The van der Waals surface area contributed by atoms with Crippen LogP contribution in [0.5, 0.6) is 5.75 Å². The van der Waals surface area contributed by atoms with Crippen molar-refractivity contribution < 1.29 is 14.3 Å². The summed E-state index contributed by atoms with van der Waals surface area (Å²) in [6.45, 7) is 0.819. The average Bonchev–Trinajstić information content (AvgIpc) is 3.14. The van der Waals surface area contributed by atoms with Crippen molar-refractivity contribution in [1.29, 1.82) is 0 Å². The van der Waals surface area contributed by atoms with E-state index >= 15 is 0 Å². The van der Waals surface area contributed by atoms with Crippen molar-refractivity contribution in [2.75, 3.05) is 25.6 Å². The molecule has 0 radical (unpaired) electrons. The van der Waals surface area contributed by atoms with Gasteiger partial charge in [-0.05, 0) is 37.1 Å². The van der Waals surface area contributed by atoms with Crippen molar-refractivity contribution in [1.82, 2.24) is 0 Å². The van der Waals surface area contributed by atoms with Crippen LogP contribution in [0.2, 0.25) is 5.02 Å². The molecule has 0 aromatic heterocycles. The molecular formula is C21H24ClNO3S. The first-order valence-electron chi connectivity index (χ1n) is 9.10. The van der Waals surface area contributed by atoms with Crippen LogP contribution in [0.15, 0.2) is 53.4 Å². The van der Waals surface area contributed by atoms with Crippen LogP contribution in [0.4, 0.5) is 5.69 Å². The fourth-order valence-corrected chi connectivity index (χ4v) is 4.86. The Balaban J connectivity index is 1.79. The fourth-order valence-electron chi connectivity index (χ4n) is 3.25. The molecule has 0 unspecified atom stereocenters. The summed E-state index contributed by atoms with van der Waals surface area (Å²) in [6.07, 6.45) is 3.83. The number of benzene rings is 2. The minimum absolute atomic E-state index is 0.00714. The van der Waals surface area contributed by atoms with E-state index in [4.69, 9.17) is 21.1 Å². The van der Waals surface area contributed by atoms with Crippen LogP contribution >= 0.6 is 23.4 Å². The smallest absolute Gasteiger partial charge is 0.241 e. The maximum Gasteiger partial charge on any atom is 0.241 e. The number of thioether (sulfide) groups is 1. The average molecular weight is 406 g/mol. The minimum atomic E-state index is -0.465. The molecule has 6 heteroatoms.